The number of carbonyl (C=O) groups excluding carboxylic acids is 1. The van der Waals surface area contributed by atoms with E-state index in [2.05, 4.69) is 35.2 Å². The molecule has 0 spiro atoms. The predicted octanol–water partition coefficient (Wildman–Crippen LogP) is 3.76. The zero-order valence-corrected chi connectivity index (χ0v) is 16.2. The number of rotatable bonds is 7. The van der Waals surface area contributed by atoms with Crippen LogP contribution in [0, 0.1) is 0 Å². The molecule has 0 aliphatic carbocycles. The molecule has 1 fully saturated rings. The first-order valence-electron chi connectivity index (χ1n) is 9.99. The molecule has 4 nitrogen and oxygen atoms in total. The third-order valence-corrected chi connectivity index (χ3v) is 5.05. The maximum atomic E-state index is 12.5. The maximum absolute atomic E-state index is 12.5. The van der Waals surface area contributed by atoms with E-state index in [0.717, 1.165) is 44.8 Å². The minimum atomic E-state index is 0.0407. The van der Waals surface area contributed by atoms with Gasteiger partial charge in [-0.3, -0.25) is 4.79 Å². The summed E-state index contributed by atoms with van der Waals surface area (Å²) in [7, 11) is 0. The summed E-state index contributed by atoms with van der Waals surface area (Å²) in [4.78, 5) is 16.9. The lowest BCUT2D eigenvalue weighted by molar-refractivity contribution is -0.118. The minimum Gasteiger partial charge on any atom is -0.375 e. The van der Waals surface area contributed by atoms with E-state index in [0.29, 0.717) is 13.0 Å². The van der Waals surface area contributed by atoms with Crippen molar-refractivity contribution in [3.05, 3.63) is 66.2 Å². The number of anilines is 1. The van der Waals surface area contributed by atoms with Gasteiger partial charge in [-0.2, -0.15) is 0 Å². The van der Waals surface area contributed by atoms with Crippen LogP contribution in [0.15, 0.2) is 60.7 Å². The standard InChI is InChI=1S/C23H30N2O2/c1-2-23(26)25(21-12-7-4-8-13-21)19-22-18-24(15-9-17-27-22)16-14-20-10-5-3-6-11-20/h3-8,10-13,22H,2,9,14-19H2,1H3/t22-/m1/s1. The van der Waals surface area contributed by atoms with Crippen molar-refractivity contribution in [2.24, 2.45) is 0 Å². The molecule has 1 aliphatic rings. The minimum absolute atomic E-state index is 0.0407. The van der Waals surface area contributed by atoms with Gasteiger partial charge in [0.1, 0.15) is 0 Å². The summed E-state index contributed by atoms with van der Waals surface area (Å²) in [6.07, 6.45) is 2.63. The smallest absolute Gasteiger partial charge is 0.226 e. The molecule has 1 atom stereocenters. The van der Waals surface area contributed by atoms with E-state index in [9.17, 15) is 4.79 Å². The van der Waals surface area contributed by atoms with Crippen molar-refractivity contribution in [1.29, 1.82) is 0 Å². The molecule has 0 N–H and O–H groups in total. The van der Waals surface area contributed by atoms with Crippen LogP contribution >= 0.6 is 0 Å². The number of carbonyl (C=O) groups is 1. The van der Waals surface area contributed by atoms with Gasteiger partial charge in [0, 0.05) is 38.3 Å². The van der Waals surface area contributed by atoms with E-state index < -0.39 is 0 Å². The van der Waals surface area contributed by atoms with Crippen LogP contribution in [0.2, 0.25) is 0 Å². The monoisotopic (exact) mass is 366 g/mol. The molecular formula is C23H30N2O2. The van der Waals surface area contributed by atoms with Crippen LogP contribution in [0.5, 0.6) is 0 Å². The van der Waals surface area contributed by atoms with Gasteiger partial charge in [0.2, 0.25) is 5.91 Å². The number of para-hydroxylation sites is 1. The van der Waals surface area contributed by atoms with E-state index in [1.807, 2.05) is 42.2 Å². The molecule has 0 saturated carbocycles. The number of benzene rings is 2. The molecule has 0 aromatic heterocycles. The van der Waals surface area contributed by atoms with E-state index in [4.69, 9.17) is 4.74 Å². The zero-order valence-electron chi connectivity index (χ0n) is 16.2. The van der Waals surface area contributed by atoms with Crippen molar-refractivity contribution >= 4 is 11.6 Å². The molecule has 2 aromatic carbocycles. The number of hydrogen-bond donors (Lipinski definition) is 0. The zero-order chi connectivity index (χ0) is 18.9. The Morgan fingerprint density at radius 2 is 1.81 bits per heavy atom. The quantitative estimate of drug-likeness (QED) is 0.748. The highest BCUT2D eigenvalue weighted by Crippen LogP contribution is 2.17. The molecule has 2 aromatic rings. The van der Waals surface area contributed by atoms with Crippen molar-refractivity contribution in [3.63, 3.8) is 0 Å². The van der Waals surface area contributed by atoms with Crippen molar-refractivity contribution in [1.82, 2.24) is 4.90 Å². The molecule has 144 valence electrons. The first-order valence-corrected chi connectivity index (χ1v) is 9.99. The van der Waals surface area contributed by atoms with Gasteiger partial charge >= 0.3 is 0 Å². The van der Waals surface area contributed by atoms with Crippen LogP contribution in [-0.2, 0) is 16.0 Å². The predicted molar refractivity (Wildman–Crippen MR) is 110 cm³/mol. The molecule has 1 heterocycles. The molecule has 3 rings (SSSR count). The molecule has 0 bridgehead atoms. The van der Waals surface area contributed by atoms with Crippen LogP contribution in [-0.4, -0.2) is 49.7 Å². The fraction of sp³-hybridized carbons (Fsp3) is 0.435. The first-order chi connectivity index (χ1) is 13.3. The third kappa shape index (κ3) is 5.91. The van der Waals surface area contributed by atoms with Gasteiger partial charge in [-0.25, -0.2) is 0 Å². The van der Waals surface area contributed by atoms with Crippen molar-refractivity contribution in [2.45, 2.75) is 32.3 Å². The second-order valence-electron chi connectivity index (χ2n) is 7.08. The molecule has 0 radical (unpaired) electrons. The second-order valence-corrected chi connectivity index (χ2v) is 7.08. The van der Waals surface area contributed by atoms with E-state index in [1.54, 1.807) is 0 Å². The van der Waals surface area contributed by atoms with Gasteiger partial charge in [-0.05, 0) is 30.5 Å². The summed E-state index contributed by atoms with van der Waals surface area (Å²) in [5, 5.41) is 0. The highest BCUT2D eigenvalue weighted by molar-refractivity contribution is 5.93. The average Bonchev–Trinajstić information content (AvgIpc) is 2.96. The second kappa shape index (κ2) is 10.2. The van der Waals surface area contributed by atoms with Crippen LogP contribution in [0.1, 0.15) is 25.3 Å². The van der Waals surface area contributed by atoms with Gasteiger partial charge < -0.3 is 14.5 Å². The third-order valence-electron chi connectivity index (χ3n) is 5.05. The Kier molecular flexibility index (Phi) is 7.43. The summed E-state index contributed by atoms with van der Waals surface area (Å²) >= 11 is 0. The number of hydrogen-bond acceptors (Lipinski definition) is 3. The normalized spacial score (nSPS) is 18.0. The lowest BCUT2D eigenvalue weighted by Gasteiger charge is -2.29. The summed E-state index contributed by atoms with van der Waals surface area (Å²) in [6, 6.07) is 20.5. The van der Waals surface area contributed by atoms with Crippen LogP contribution in [0.4, 0.5) is 5.69 Å². The molecular weight excluding hydrogens is 336 g/mol. The Labute approximate surface area is 162 Å². The first kappa shape index (κ1) is 19.6. The van der Waals surface area contributed by atoms with Gasteiger partial charge in [-0.1, -0.05) is 55.5 Å². The van der Waals surface area contributed by atoms with E-state index in [-0.39, 0.29) is 12.0 Å². The Balaban J connectivity index is 1.62. The number of nitrogens with zero attached hydrogens (tertiary/aromatic N) is 2. The van der Waals surface area contributed by atoms with Crippen LogP contribution < -0.4 is 4.90 Å². The molecule has 1 aliphatic heterocycles. The molecule has 1 amide bonds. The lowest BCUT2D eigenvalue weighted by Crippen LogP contribution is -2.43. The highest BCUT2D eigenvalue weighted by atomic mass is 16.5. The van der Waals surface area contributed by atoms with Crippen molar-refractivity contribution < 1.29 is 9.53 Å². The van der Waals surface area contributed by atoms with Gasteiger partial charge in [-0.15, -0.1) is 0 Å². The van der Waals surface area contributed by atoms with Crippen molar-refractivity contribution in [3.8, 4) is 0 Å². The fourth-order valence-corrected chi connectivity index (χ4v) is 3.57. The van der Waals surface area contributed by atoms with E-state index in [1.165, 1.54) is 5.56 Å². The fourth-order valence-electron chi connectivity index (χ4n) is 3.57. The summed E-state index contributed by atoms with van der Waals surface area (Å²) in [5.41, 5.74) is 2.32. The SMILES string of the molecule is CCC(=O)N(C[C@H]1CN(CCc2ccccc2)CCCO1)c1ccccc1. The molecule has 0 unspecified atom stereocenters. The molecule has 27 heavy (non-hydrogen) atoms. The Hall–Kier alpha value is -2.17. The summed E-state index contributed by atoms with van der Waals surface area (Å²) in [5.74, 6) is 0.143. The van der Waals surface area contributed by atoms with Gasteiger partial charge in [0.05, 0.1) is 12.6 Å². The van der Waals surface area contributed by atoms with Gasteiger partial charge in [0.25, 0.3) is 0 Å². The van der Waals surface area contributed by atoms with Gasteiger partial charge in [0.15, 0.2) is 0 Å². The Morgan fingerprint density at radius 1 is 1.11 bits per heavy atom. The highest BCUT2D eigenvalue weighted by Gasteiger charge is 2.24. The average molecular weight is 367 g/mol. The largest absolute Gasteiger partial charge is 0.375 e. The molecule has 4 heteroatoms. The lowest BCUT2D eigenvalue weighted by atomic mass is 10.1. The van der Waals surface area contributed by atoms with Crippen molar-refractivity contribution in [2.75, 3.05) is 37.7 Å². The van der Waals surface area contributed by atoms with E-state index >= 15 is 0 Å². The number of amides is 1. The van der Waals surface area contributed by atoms with Crippen LogP contribution in [0.25, 0.3) is 0 Å². The maximum Gasteiger partial charge on any atom is 0.226 e. The molecule has 1 saturated heterocycles. The topological polar surface area (TPSA) is 32.8 Å². The Bertz CT molecular complexity index is 690. The van der Waals surface area contributed by atoms with Crippen LogP contribution in [0.3, 0.4) is 0 Å². The number of ether oxygens (including phenoxy) is 1. The summed E-state index contributed by atoms with van der Waals surface area (Å²) in [6.45, 7) is 6.23. The summed E-state index contributed by atoms with van der Waals surface area (Å²) < 4.78 is 6.10. The Morgan fingerprint density at radius 3 is 2.52 bits per heavy atom.